The van der Waals surface area contributed by atoms with Gasteiger partial charge in [-0.1, -0.05) is 6.07 Å². The Balaban J connectivity index is 2.16. The summed E-state index contributed by atoms with van der Waals surface area (Å²) >= 11 is 0. The molecule has 0 saturated carbocycles. The molecule has 110 valence electrons. The van der Waals surface area contributed by atoms with Crippen molar-refractivity contribution in [2.45, 2.75) is 12.5 Å². The van der Waals surface area contributed by atoms with Crippen molar-refractivity contribution in [3.05, 3.63) is 47.5 Å². The molecule has 6 nitrogen and oxygen atoms in total. The smallest absolute Gasteiger partial charge is 0.169 e. The van der Waals surface area contributed by atoms with E-state index in [0.29, 0.717) is 0 Å². The molecule has 1 atom stereocenters. The third-order valence-corrected chi connectivity index (χ3v) is 3.04. The topological polar surface area (TPSA) is 118 Å². The molecule has 0 bridgehead atoms. The van der Waals surface area contributed by atoms with Gasteiger partial charge >= 0.3 is 0 Å². The molecule has 0 spiro atoms. The third-order valence-electron chi connectivity index (χ3n) is 3.04. The number of benzene rings is 2. The number of Topliss-reactive ketones (excluding diaryl/α,β-unsaturated/α-hetero) is 1. The number of aliphatic hydroxyl groups is 1. The maximum Gasteiger partial charge on any atom is 0.169 e. The molecular weight excluding hydrogens is 276 g/mol. The molecule has 21 heavy (non-hydrogen) atoms. The van der Waals surface area contributed by atoms with Crippen LogP contribution in [-0.4, -0.2) is 31.3 Å². The lowest BCUT2D eigenvalue weighted by Crippen LogP contribution is -2.07. The van der Waals surface area contributed by atoms with Crippen molar-refractivity contribution in [2.75, 3.05) is 0 Å². The lowest BCUT2D eigenvalue weighted by molar-refractivity contribution is 0.0877. The monoisotopic (exact) mass is 290 g/mol. The van der Waals surface area contributed by atoms with E-state index in [1.165, 1.54) is 24.3 Å². The van der Waals surface area contributed by atoms with E-state index >= 15 is 0 Å². The molecule has 0 aliphatic heterocycles. The molecule has 0 unspecified atom stereocenters. The van der Waals surface area contributed by atoms with Gasteiger partial charge < -0.3 is 25.5 Å². The molecule has 2 aromatic rings. The van der Waals surface area contributed by atoms with Crippen molar-refractivity contribution in [1.29, 1.82) is 0 Å². The largest absolute Gasteiger partial charge is 0.508 e. The van der Waals surface area contributed by atoms with Gasteiger partial charge in [-0.15, -0.1) is 0 Å². The van der Waals surface area contributed by atoms with Gasteiger partial charge in [0.2, 0.25) is 0 Å². The fourth-order valence-corrected chi connectivity index (χ4v) is 1.91. The molecule has 0 aliphatic rings. The van der Waals surface area contributed by atoms with Gasteiger partial charge in [0.05, 0.1) is 11.7 Å². The second-order valence-corrected chi connectivity index (χ2v) is 4.59. The number of hydrogen-bond donors (Lipinski definition) is 5. The SMILES string of the molecule is O=C(C[C@@H](O)c1ccc(O)c(O)c1)c1ccc(O)cc1O. The van der Waals surface area contributed by atoms with Crippen LogP contribution in [0.25, 0.3) is 0 Å². The fraction of sp³-hybridized carbons (Fsp3) is 0.133. The molecule has 0 fully saturated rings. The van der Waals surface area contributed by atoms with E-state index < -0.39 is 17.6 Å². The van der Waals surface area contributed by atoms with Crippen molar-refractivity contribution in [3.8, 4) is 23.0 Å². The molecule has 2 rings (SSSR count). The summed E-state index contributed by atoms with van der Waals surface area (Å²) in [6.45, 7) is 0. The first-order chi connectivity index (χ1) is 9.88. The standard InChI is InChI=1S/C15H14O6/c16-9-2-3-10(13(19)6-9)14(20)7-12(18)8-1-4-11(17)15(21)5-8/h1-6,12,16-19,21H,7H2/t12-/m1/s1. The van der Waals surface area contributed by atoms with Gasteiger partial charge in [-0.3, -0.25) is 4.79 Å². The molecule has 5 N–H and O–H groups in total. The summed E-state index contributed by atoms with van der Waals surface area (Å²) in [7, 11) is 0. The highest BCUT2D eigenvalue weighted by atomic mass is 16.3. The first-order valence-electron chi connectivity index (χ1n) is 6.13. The minimum atomic E-state index is -1.20. The zero-order valence-corrected chi connectivity index (χ0v) is 10.9. The van der Waals surface area contributed by atoms with Gasteiger partial charge in [0.1, 0.15) is 11.5 Å². The Labute approximate surface area is 120 Å². The van der Waals surface area contributed by atoms with Crippen LogP contribution in [0.1, 0.15) is 28.4 Å². The van der Waals surface area contributed by atoms with Crippen LogP contribution in [0.3, 0.4) is 0 Å². The maximum atomic E-state index is 12.0. The highest BCUT2D eigenvalue weighted by Gasteiger charge is 2.18. The Bertz CT molecular complexity index is 680. The van der Waals surface area contributed by atoms with E-state index in [0.717, 1.165) is 12.1 Å². The summed E-state index contributed by atoms with van der Waals surface area (Å²) in [4.78, 5) is 12.0. The predicted molar refractivity (Wildman–Crippen MR) is 73.5 cm³/mol. The van der Waals surface area contributed by atoms with E-state index in [1.54, 1.807) is 0 Å². The fourth-order valence-electron chi connectivity index (χ4n) is 1.91. The van der Waals surface area contributed by atoms with Gasteiger partial charge in [-0.2, -0.15) is 0 Å². The van der Waals surface area contributed by atoms with Crippen LogP contribution in [0.2, 0.25) is 0 Å². The zero-order valence-electron chi connectivity index (χ0n) is 10.9. The number of ketones is 1. The van der Waals surface area contributed by atoms with Crippen LogP contribution in [0.4, 0.5) is 0 Å². The van der Waals surface area contributed by atoms with Crippen LogP contribution in [0.5, 0.6) is 23.0 Å². The first-order valence-corrected chi connectivity index (χ1v) is 6.13. The summed E-state index contributed by atoms with van der Waals surface area (Å²) < 4.78 is 0. The quantitative estimate of drug-likeness (QED) is 0.433. The molecule has 0 saturated heterocycles. The number of aromatic hydroxyl groups is 4. The highest BCUT2D eigenvalue weighted by molar-refractivity contribution is 5.99. The second-order valence-electron chi connectivity index (χ2n) is 4.59. The lowest BCUT2D eigenvalue weighted by Gasteiger charge is -2.12. The Morgan fingerprint density at radius 3 is 2.24 bits per heavy atom. The van der Waals surface area contributed by atoms with E-state index in [1.807, 2.05) is 0 Å². The number of carbonyl (C=O) groups is 1. The summed E-state index contributed by atoms with van der Waals surface area (Å²) in [6, 6.07) is 7.29. The van der Waals surface area contributed by atoms with Crippen LogP contribution in [0, 0.1) is 0 Å². The number of carbonyl (C=O) groups excluding carboxylic acids is 1. The first kappa shape index (κ1) is 14.7. The Morgan fingerprint density at radius 1 is 0.905 bits per heavy atom. The summed E-state index contributed by atoms with van der Waals surface area (Å²) in [5.41, 5.74) is 0.242. The van der Waals surface area contributed by atoms with E-state index in [9.17, 15) is 25.2 Å². The highest BCUT2D eigenvalue weighted by Crippen LogP contribution is 2.30. The van der Waals surface area contributed by atoms with Crippen molar-refractivity contribution >= 4 is 5.78 Å². The second kappa shape index (κ2) is 5.72. The summed E-state index contributed by atoms with van der Waals surface area (Å²) in [5, 5.41) is 47.3. The molecule has 6 heteroatoms. The van der Waals surface area contributed by atoms with Gasteiger partial charge in [0.15, 0.2) is 17.3 Å². The lowest BCUT2D eigenvalue weighted by atomic mass is 9.99. The van der Waals surface area contributed by atoms with Crippen LogP contribution >= 0.6 is 0 Å². The van der Waals surface area contributed by atoms with E-state index in [2.05, 4.69) is 0 Å². The van der Waals surface area contributed by atoms with Crippen molar-refractivity contribution in [1.82, 2.24) is 0 Å². The molecule has 0 heterocycles. The van der Waals surface area contributed by atoms with Crippen molar-refractivity contribution in [2.24, 2.45) is 0 Å². The van der Waals surface area contributed by atoms with Crippen molar-refractivity contribution < 1.29 is 30.3 Å². The van der Waals surface area contributed by atoms with Gasteiger partial charge in [-0.05, 0) is 29.8 Å². The van der Waals surface area contributed by atoms with Gasteiger partial charge in [-0.25, -0.2) is 0 Å². The number of rotatable bonds is 4. The minimum Gasteiger partial charge on any atom is -0.508 e. The minimum absolute atomic E-state index is 0.0187. The normalized spacial score (nSPS) is 12.0. The molecule has 2 aromatic carbocycles. The number of phenolic OH excluding ortho intramolecular Hbond substituents is 4. The molecule has 0 amide bonds. The number of aliphatic hydroxyl groups excluding tert-OH is 1. The van der Waals surface area contributed by atoms with Crippen LogP contribution in [0.15, 0.2) is 36.4 Å². The van der Waals surface area contributed by atoms with Gasteiger partial charge in [0, 0.05) is 12.5 Å². The number of phenols is 4. The van der Waals surface area contributed by atoms with E-state index in [4.69, 9.17) is 5.11 Å². The average molecular weight is 290 g/mol. The van der Waals surface area contributed by atoms with Crippen molar-refractivity contribution in [3.63, 3.8) is 0 Å². The Kier molecular flexibility index (Phi) is 4.00. The maximum absolute atomic E-state index is 12.0. The summed E-state index contributed by atoms with van der Waals surface area (Å²) in [5.74, 6) is -1.79. The van der Waals surface area contributed by atoms with E-state index in [-0.39, 0.29) is 34.8 Å². The third kappa shape index (κ3) is 3.24. The predicted octanol–water partition coefficient (Wildman–Crippen LogP) is 1.82. The van der Waals surface area contributed by atoms with Crippen LogP contribution < -0.4 is 0 Å². The average Bonchev–Trinajstić information content (AvgIpc) is 2.41. The zero-order chi connectivity index (χ0) is 15.6. The number of hydrogen-bond acceptors (Lipinski definition) is 6. The molecule has 0 aromatic heterocycles. The Morgan fingerprint density at radius 2 is 1.62 bits per heavy atom. The Hall–Kier alpha value is -2.73. The molecule has 0 radical (unpaired) electrons. The van der Waals surface area contributed by atoms with Crippen LogP contribution in [-0.2, 0) is 0 Å². The summed E-state index contributed by atoms with van der Waals surface area (Å²) in [6.07, 6.45) is -1.51. The molecular formula is C15H14O6. The molecule has 0 aliphatic carbocycles. The van der Waals surface area contributed by atoms with Gasteiger partial charge in [0.25, 0.3) is 0 Å².